The molecule has 0 amide bonds. The summed E-state index contributed by atoms with van der Waals surface area (Å²) >= 11 is 0. The van der Waals surface area contributed by atoms with Crippen LogP contribution in [0, 0.1) is 13.8 Å². The molecule has 1 aromatic rings. The van der Waals surface area contributed by atoms with Crippen molar-refractivity contribution in [3.8, 4) is 11.5 Å². The highest BCUT2D eigenvalue weighted by Gasteiger charge is 2.29. The molecule has 0 aromatic heterocycles. The molecular formula is C12H14O6. The Morgan fingerprint density at radius 2 is 1.11 bits per heavy atom. The second-order valence-electron chi connectivity index (χ2n) is 3.68. The Kier molecular flexibility index (Phi) is 3.80. The largest absolute Gasteiger partial charge is 0.507 e. The van der Waals surface area contributed by atoms with Crippen molar-refractivity contribution in [3.05, 3.63) is 22.3 Å². The van der Waals surface area contributed by atoms with Crippen LogP contribution in [0.15, 0.2) is 0 Å². The SMILES string of the molecule is COC(=O)c1c(O)c(C)c(C)c(O)c1C(=O)OC. The maximum absolute atomic E-state index is 11.6. The van der Waals surface area contributed by atoms with Gasteiger partial charge in [0.1, 0.15) is 22.6 Å². The molecule has 0 aliphatic carbocycles. The zero-order valence-electron chi connectivity index (χ0n) is 10.5. The summed E-state index contributed by atoms with van der Waals surface area (Å²) in [7, 11) is 2.21. The number of rotatable bonds is 2. The van der Waals surface area contributed by atoms with Crippen LogP contribution in [0.1, 0.15) is 31.8 Å². The van der Waals surface area contributed by atoms with Gasteiger partial charge in [-0.15, -0.1) is 0 Å². The van der Waals surface area contributed by atoms with Crippen LogP contribution in [0.3, 0.4) is 0 Å². The van der Waals surface area contributed by atoms with Crippen molar-refractivity contribution >= 4 is 11.9 Å². The topological polar surface area (TPSA) is 93.1 Å². The Balaban J connectivity index is 3.75. The number of aromatic hydroxyl groups is 2. The first-order chi connectivity index (χ1) is 8.36. The number of methoxy groups -OCH3 is 2. The van der Waals surface area contributed by atoms with Gasteiger partial charge in [-0.05, 0) is 25.0 Å². The Hall–Kier alpha value is -2.24. The molecule has 0 aliphatic heterocycles. The minimum Gasteiger partial charge on any atom is -0.507 e. The van der Waals surface area contributed by atoms with Crippen molar-refractivity contribution in [2.45, 2.75) is 13.8 Å². The second kappa shape index (κ2) is 4.95. The van der Waals surface area contributed by atoms with Gasteiger partial charge in [-0.25, -0.2) is 9.59 Å². The van der Waals surface area contributed by atoms with Gasteiger partial charge in [0.05, 0.1) is 14.2 Å². The van der Waals surface area contributed by atoms with Crippen molar-refractivity contribution in [3.63, 3.8) is 0 Å². The lowest BCUT2D eigenvalue weighted by Crippen LogP contribution is -2.14. The van der Waals surface area contributed by atoms with Gasteiger partial charge in [0.15, 0.2) is 0 Å². The Labute approximate surface area is 104 Å². The quantitative estimate of drug-likeness (QED) is 0.610. The van der Waals surface area contributed by atoms with Crippen LogP contribution in [-0.4, -0.2) is 36.4 Å². The predicted molar refractivity (Wildman–Crippen MR) is 61.9 cm³/mol. The summed E-state index contributed by atoms with van der Waals surface area (Å²) in [5.41, 5.74) is -0.212. The zero-order valence-corrected chi connectivity index (χ0v) is 10.5. The maximum atomic E-state index is 11.6. The van der Waals surface area contributed by atoms with Crippen molar-refractivity contribution < 1.29 is 29.3 Å². The monoisotopic (exact) mass is 254 g/mol. The van der Waals surface area contributed by atoms with Gasteiger partial charge in [0.2, 0.25) is 0 Å². The Morgan fingerprint density at radius 3 is 1.33 bits per heavy atom. The zero-order chi connectivity index (χ0) is 14.0. The first kappa shape index (κ1) is 13.8. The third kappa shape index (κ3) is 1.97. The number of carbonyl (C=O) groups is 2. The summed E-state index contributed by atoms with van der Waals surface area (Å²) in [6.07, 6.45) is 0. The number of hydrogen-bond donors (Lipinski definition) is 2. The summed E-state index contributed by atoms with van der Waals surface area (Å²) < 4.78 is 8.97. The lowest BCUT2D eigenvalue weighted by Gasteiger charge is -2.15. The minimum absolute atomic E-state index is 0.292. The number of esters is 2. The summed E-state index contributed by atoms with van der Waals surface area (Å²) in [4.78, 5) is 23.2. The first-order valence-electron chi connectivity index (χ1n) is 5.08. The molecule has 0 bridgehead atoms. The van der Waals surface area contributed by atoms with E-state index in [1.807, 2.05) is 0 Å². The lowest BCUT2D eigenvalue weighted by atomic mass is 9.96. The number of hydrogen-bond acceptors (Lipinski definition) is 6. The van der Waals surface area contributed by atoms with Crippen molar-refractivity contribution in [2.24, 2.45) is 0 Å². The van der Waals surface area contributed by atoms with E-state index in [-0.39, 0.29) is 0 Å². The van der Waals surface area contributed by atoms with E-state index in [4.69, 9.17) is 0 Å². The van der Waals surface area contributed by atoms with E-state index < -0.39 is 34.6 Å². The van der Waals surface area contributed by atoms with Crippen LogP contribution < -0.4 is 0 Å². The van der Waals surface area contributed by atoms with Gasteiger partial charge in [0, 0.05) is 0 Å². The molecule has 1 rings (SSSR count). The maximum Gasteiger partial charge on any atom is 0.342 e. The van der Waals surface area contributed by atoms with E-state index >= 15 is 0 Å². The molecule has 18 heavy (non-hydrogen) atoms. The second-order valence-corrected chi connectivity index (χ2v) is 3.68. The molecule has 0 saturated carbocycles. The molecule has 6 nitrogen and oxygen atoms in total. The van der Waals surface area contributed by atoms with Crippen molar-refractivity contribution in [2.75, 3.05) is 14.2 Å². The number of carbonyl (C=O) groups excluding carboxylic acids is 2. The minimum atomic E-state index is -0.925. The molecule has 0 unspecified atom stereocenters. The summed E-state index contributed by atoms with van der Waals surface area (Å²) in [5.74, 6) is -2.66. The Bertz CT molecular complexity index is 471. The molecule has 0 fully saturated rings. The number of benzene rings is 1. The summed E-state index contributed by atoms with van der Waals surface area (Å²) in [6, 6.07) is 0. The molecule has 0 atom stereocenters. The van der Waals surface area contributed by atoms with Crippen molar-refractivity contribution in [1.82, 2.24) is 0 Å². The first-order valence-corrected chi connectivity index (χ1v) is 5.08. The molecule has 0 saturated heterocycles. The van der Waals surface area contributed by atoms with Crippen LogP contribution in [0.25, 0.3) is 0 Å². The van der Waals surface area contributed by atoms with Gasteiger partial charge in [-0.1, -0.05) is 0 Å². The van der Waals surface area contributed by atoms with Gasteiger partial charge in [0.25, 0.3) is 0 Å². The van der Waals surface area contributed by atoms with Crippen LogP contribution in [0.2, 0.25) is 0 Å². The van der Waals surface area contributed by atoms with E-state index in [1.54, 1.807) is 0 Å². The van der Waals surface area contributed by atoms with E-state index in [9.17, 15) is 19.8 Å². The van der Waals surface area contributed by atoms with Crippen LogP contribution in [0.5, 0.6) is 11.5 Å². The van der Waals surface area contributed by atoms with Crippen LogP contribution >= 0.6 is 0 Å². The van der Waals surface area contributed by atoms with Crippen molar-refractivity contribution in [1.29, 1.82) is 0 Å². The third-order valence-corrected chi connectivity index (χ3v) is 2.78. The smallest absolute Gasteiger partial charge is 0.342 e. The highest BCUT2D eigenvalue weighted by molar-refractivity contribution is 6.07. The highest BCUT2D eigenvalue weighted by atomic mass is 16.5. The molecule has 0 radical (unpaired) electrons. The highest BCUT2D eigenvalue weighted by Crippen LogP contribution is 2.37. The fourth-order valence-corrected chi connectivity index (χ4v) is 1.57. The lowest BCUT2D eigenvalue weighted by molar-refractivity contribution is 0.0548. The standard InChI is InChI=1S/C12H14O6/c1-5-6(2)10(14)8(12(16)18-4)7(9(5)13)11(15)17-3/h13-14H,1-4H3. The van der Waals surface area contributed by atoms with E-state index in [1.165, 1.54) is 13.8 Å². The molecule has 98 valence electrons. The molecule has 0 aliphatic rings. The normalized spacial score (nSPS) is 10.0. The van der Waals surface area contributed by atoms with Crippen LogP contribution in [0.4, 0.5) is 0 Å². The number of phenolic OH excluding ortho intramolecular Hbond substituents is 2. The molecule has 0 spiro atoms. The van der Waals surface area contributed by atoms with Crippen LogP contribution in [-0.2, 0) is 9.47 Å². The van der Waals surface area contributed by atoms with E-state index in [0.717, 1.165) is 14.2 Å². The average Bonchev–Trinajstić information content (AvgIpc) is 2.38. The molecule has 6 heteroatoms. The summed E-state index contributed by atoms with van der Waals surface area (Å²) in [6.45, 7) is 3.02. The van der Waals surface area contributed by atoms with Gasteiger partial charge < -0.3 is 19.7 Å². The average molecular weight is 254 g/mol. The van der Waals surface area contributed by atoms with E-state index in [0.29, 0.717) is 11.1 Å². The summed E-state index contributed by atoms with van der Waals surface area (Å²) in [5, 5.41) is 19.8. The molecule has 2 N–H and O–H groups in total. The van der Waals surface area contributed by atoms with Gasteiger partial charge in [-0.2, -0.15) is 0 Å². The fraction of sp³-hybridized carbons (Fsp3) is 0.333. The number of phenols is 2. The van der Waals surface area contributed by atoms with E-state index in [2.05, 4.69) is 9.47 Å². The molecular weight excluding hydrogens is 240 g/mol. The number of ether oxygens (including phenoxy) is 2. The predicted octanol–water partition coefficient (Wildman–Crippen LogP) is 1.29. The van der Waals surface area contributed by atoms with Gasteiger partial charge >= 0.3 is 11.9 Å². The fourth-order valence-electron chi connectivity index (χ4n) is 1.57. The Morgan fingerprint density at radius 1 is 0.833 bits per heavy atom. The molecule has 0 heterocycles. The third-order valence-electron chi connectivity index (χ3n) is 2.78. The van der Waals surface area contributed by atoms with Gasteiger partial charge in [-0.3, -0.25) is 0 Å². The molecule has 1 aromatic carbocycles.